The molecule has 1 fully saturated rings. The average Bonchev–Trinajstić information content (AvgIpc) is 2.48. The molecule has 1 saturated heterocycles. The highest BCUT2D eigenvalue weighted by atomic mass is 16.2. The number of benzene rings is 1. The highest BCUT2D eigenvalue weighted by Gasteiger charge is 2.27. The van der Waals surface area contributed by atoms with E-state index in [2.05, 4.69) is 22.5 Å². The first-order valence-corrected chi connectivity index (χ1v) is 7.47. The Morgan fingerprint density at radius 1 is 1.35 bits per heavy atom. The molecule has 20 heavy (non-hydrogen) atoms. The number of rotatable bonds is 5. The molecular weight excluding hydrogens is 250 g/mol. The van der Waals surface area contributed by atoms with E-state index in [-0.39, 0.29) is 5.91 Å². The molecule has 1 amide bonds. The van der Waals surface area contributed by atoms with E-state index in [9.17, 15) is 4.79 Å². The van der Waals surface area contributed by atoms with Crippen molar-refractivity contribution in [1.29, 1.82) is 0 Å². The van der Waals surface area contributed by atoms with Crippen molar-refractivity contribution in [3.63, 3.8) is 0 Å². The smallest absolute Gasteiger partial charge is 0.238 e. The number of hydrogen-bond acceptors (Lipinski definition) is 3. The van der Waals surface area contributed by atoms with Crippen LogP contribution in [0.3, 0.4) is 0 Å². The summed E-state index contributed by atoms with van der Waals surface area (Å²) in [5.41, 5.74) is 0.868. The highest BCUT2D eigenvalue weighted by molar-refractivity contribution is 5.92. The van der Waals surface area contributed by atoms with Crippen LogP contribution in [0.15, 0.2) is 30.3 Å². The van der Waals surface area contributed by atoms with Crippen LogP contribution in [0.5, 0.6) is 0 Å². The minimum absolute atomic E-state index is 0.0754. The molecule has 1 aliphatic rings. The minimum Gasteiger partial charge on any atom is -0.325 e. The van der Waals surface area contributed by atoms with Gasteiger partial charge in [-0.25, -0.2) is 0 Å². The molecule has 1 aromatic carbocycles. The molecule has 1 aromatic rings. The summed E-state index contributed by atoms with van der Waals surface area (Å²) in [6.45, 7) is 3.68. The molecule has 1 aliphatic heterocycles. The van der Waals surface area contributed by atoms with E-state index in [1.54, 1.807) is 0 Å². The highest BCUT2D eigenvalue weighted by Crippen LogP contribution is 2.19. The first kappa shape index (κ1) is 15.0. The van der Waals surface area contributed by atoms with Crippen molar-refractivity contribution in [3.05, 3.63) is 30.3 Å². The normalized spacial score (nSPS) is 21.4. The molecule has 0 saturated carbocycles. The lowest BCUT2D eigenvalue weighted by Crippen LogP contribution is -2.52. The van der Waals surface area contributed by atoms with Gasteiger partial charge in [0.25, 0.3) is 0 Å². The topological polar surface area (TPSA) is 44.4 Å². The van der Waals surface area contributed by atoms with Crippen molar-refractivity contribution < 1.29 is 4.79 Å². The predicted molar refractivity (Wildman–Crippen MR) is 82.8 cm³/mol. The van der Waals surface area contributed by atoms with Crippen LogP contribution in [-0.2, 0) is 4.79 Å². The van der Waals surface area contributed by atoms with Gasteiger partial charge in [0.15, 0.2) is 0 Å². The SMILES string of the molecule is CNC(C)C1CCCCN1CC(=O)Nc1ccccc1. The Morgan fingerprint density at radius 2 is 2.10 bits per heavy atom. The van der Waals surface area contributed by atoms with Crippen LogP contribution in [-0.4, -0.2) is 43.0 Å². The van der Waals surface area contributed by atoms with Crippen LogP contribution < -0.4 is 10.6 Å². The molecule has 2 unspecified atom stereocenters. The standard InChI is InChI=1S/C16H25N3O/c1-13(17-2)15-10-6-7-11-19(15)12-16(20)18-14-8-4-3-5-9-14/h3-5,8-9,13,15,17H,6-7,10-12H2,1-2H3,(H,18,20). The lowest BCUT2D eigenvalue weighted by Gasteiger charge is -2.38. The van der Waals surface area contributed by atoms with Crippen LogP contribution >= 0.6 is 0 Å². The minimum atomic E-state index is 0.0754. The number of anilines is 1. The Balaban J connectivity index is 1.91. The fourth-order valence-corrected chi connectivity index (χ4v) is 2.88. The van der Waals surface area contributed by atoms with Gasteiger partial charge in [-0.15, -0.1) is 0 Å². The third-order valence-electron chi connectivity index (χ3n) is 4.10. The Bertz CT molecular complexity index is 421. The van der Waals surface area contributed by atoms with Gasteiger partial charge < -0.3 is 10.6 Å². The van der Waals surface area contributed by atoms with Gasteiger partial charge >= 0.3 is 0 Å². The van der Waals surface area contributed by atoms with Gasteiger partial charge in [0.05, 0.1) is 6.54 Å². The van der Waals surface area contributed by atoms with E-state index < -0.39 is 0 Å². The summed E-state index contributed by atoms with van der Waals surface area (Å²) in [5, 5.41) is 6.28. The third kappa shape index (κ3) is 4.05. The molecule has 0 radical (unpaired) electrons. The van der Waals surface area contributed by atoms with E-state index >= 15 is 0 Å². The van der Waals surface area contributed by atoms with Crippen molar-refractivity contribution in [2.75, 3.05) is 25.5 Å². The van der Waals surface area contributed by atoms with E-state index in [1.807, 2.05) is 37.4 Å². The number of hydrogen-bond donors (Lipinski definition) is 2. The Kier molecular flexibility index (Phi) is 5.56. The fourth-order valence-electron chi connectivity index (χ4n) is 2.88. The molecule has 2 rings (SSSR count). The molecule has 0 aromatic heterocycles. The number of carbonyl (C=O) groups is 1. The molecule has 0 bridgehead atoms. The number of likely N-dealkylation sites (tertiary alicyclic amines) is 1. The van der Waals surface area contributed by atoms with Crippen molar-refractivity contribution in [3.8, 4) is 0 Å². The molecule has 110 valence electrons. The van der Waals surface area contributed by atoms with Crippen LogP contribution in [0, 0.1) is 0 Å². The van der Waals surface area contributed by atoms with E-state index in [0.29, 0.717) is 18.6 Å². The second kappa shape index (κ2) is 7.41. The molecule has 4 heteroatoms. The van der Waals surface area contributed by atoms with Gasteiger partial charge in [-0.05, 0) is 45.5 Å². The number of amides is 1. The van der Waals surface area contributed by atoms with Gasteiger partial charge in [0.1, 0.15) is 0 Å². The van der Waals surface area contributed by atoms with Crippen LogP contribution in [0.25, 0.3) is 0 Å². The van der Waals surface area contributed by atoms with Crippen molar-refractivity contribution in [1.82, 2.24) is 10.2 Å². The van der Waals surface area contributed by atoms with Crippen LogP contribution in [0.2, 0.25) is 0 Å². The Labute approximate surface area is 121 Å². The molecule has 2 atom stereocenters. The molecule has 0 spiro atoms. The van der Waals surface area contributed by atoms with Gasteiger partial charge in [-0.1, -0.05) is 24.6 Å². The molecule has 0 aliphatic carbocycles. The number of nitrogens with one attached hydrogen (secondary N) is 2. The maximum atomic E-state index is 12.2. The summed E-state index contributed by atoms with van der Waals surface area (Å²) in [6.07, 6.45) is 3.61. The van der Waals surface area contributed by atoms with Gasteiger partial charge in [-0.3, -0.25) is 9.69 Å². The fraction of sp³-hybridized carbons (Fsp3) is 0.562. The number of piperidine rings is 1. The second-order valence-electron chi connectivity index (χ2n) is 5.53. The zero-order chi connectivity index (χ0) is 14.4. The maximum absolute atomic E-state index is 12.2. The van der Waals surface area contributed by atoms with Gasteiger partial charge in [0.2, 0.25) is 5.91 Å². The summed E-state index contributed by atoms with van der Waals surface area (Å²) in [4.78, 5) is 14.5. The molecular formula is C16H25N3O. The molecule has 4 nitrogen and oxygen atoms in total. The van der Waals surface area contributed by atoms with Crippen molar-refractivity contribution in [2.24, 2.45) is 0 Å². The largest absolute Gasteiger partial charge is 0.325 e. The van der Waals surface area contributed by atoms with Crippen molar-refractivity contribution in [2.45, 2.75) is 38.3 Å². The zero-order valence-electron chi connectivity index (χ0n) is 12.4. The first-order chi connectivity index (χ1) is 9.70. The molecule has 2 N–H and O–H groups in total. The van der Waals surface area contributed by atoms with E-state index in [0.717, 1.165) is 12.2 Å². The van der Waals surface area contributed by atoms with Gasteiger partial charge in [0, 0.05) is 17.8 Å². The van der Waals surface area contributed by atoms with Crippen LogP contribution in [0.1, 0.15) is 26.2 Å². The summed E-state index contributed by atoms with van der Waals surface area (Å²) in [6, 6.07) is 10.5. The third-order valence-corrected chi connectivity index (χ3v) is 4.10. The van der Waals surface area contributed by atoms with Crippen molar-refractivity contribution >= 4 is 11.6 Å². The maximum Gasteiger partial charge on any atom is 0.238 e. The lowest BCUT2D eigenvalue weighted by atomic mass is 9.96. The average molecular weight is 275 g/mol. The quantitative estimate of drug-likeness (QED) is 0.865. The zero-order valence-corrected chi connectivity index (χ0v) is 12.4. The van der Waals surface area contributed by atoms with Gasteiger partial charge in [-0.2, -0.15) is 0 Å². The predicted octanol–water partition coefficient (Wildman–Crippen LogP) is 2.09. The Morgan fingerprint density at radius 3 is 2.80 bits per heavy atom. The Hall–Kier alpha value is -1.39. The first-order valence-electron chi connectivity index (χ1n) is 7.47. The summed E-state index contributed by atoms with van der Waals surface area (Å²) < 4.78 is 0. The number of likely N-dealkylation sites (N-methyl/N-ethyl adjacent to an activating group) is 1. The molecule has 1 heterocycles. The van der Waals surface area contributed by atoms with Crippen LogP contribution in [0.4, 0.5) is 5.69 Å². The number of carbonyl (C=O) groups excluding carboxylic acids is 1. The monoisotopic (exact) mass is 275 g/mol. The summed E-state index contributed by atoms with van der Waals surface area (Å²) in [5.74, 6) is 0.0754. The summed E-state index contributed by atoms with van der Waals surface area (Å²) >= 11 is 0. The number of para-hydroxylation sites is 1. The summed E-state index contributed by atoms with van der Waals surface area (Å²) in [7, 11) is 1.99. The second-order valence-corrected chi connectivity index (χ2v) is 5.53. The van der Waals surface area contributed by atoms with E-state index in [4.69, 9.17) is 0 Å². The lowest BCUT2D eigenvalue weighted by molar-refractivity contribution is -0.118. The number of nitrogens with zero attached hydrogens (tertiary/aromatic N) is 1. The van der Waals surface area contributed by atoms with E-state index in [1.165, 1.54) is 19.3 Å².